The number of imidazole rings is 1. The molecule has 0 atom stereocenters. The summed E-state index contributed by atoms with van der Waals surface area (Å²) in [4.78, 5) is 4.73. The van der Waals surface area contributed by atoms with Crippen molar-refractivity contribution in [3.63, 3.8) is 0 Å². The summed E-state index contributed by atoms with van der Waals surface area (Å²) in [6.07, 6.45) is 4.46. The number of anilines is 1. The van der Waals surface area contributed by atoms with E-state index in [1.807, 2.05) is 25.1 Å². The molecule has 0 saturated heterocycles. The normalized spacial score (nSPS) is 11.1. The van der Waals surface area contributed by atoms with Crippen LogP contribution in [0.1, 0.15) is 49.8 Å². The highest BCUT2D eigenvalue weighted by molar-refractivity contribution is 5.86. The minimum absolute atomic E-state index is 0.683. The van der Waals surface area contributed by atoms with Crippen molar-refractivity contribution in [2.24, 2.45) is 0 Å². The Morgan fingerprint density at radius 3 is 2.71 bits per heavy atom. The molecule has 0 aliphatic heterocycles. The Morgan fingerprint density at radius 1 is 1.21 bits per heavy atom. The number of rotatable bonds is 6. The molecular weight excluding hydrogens is 296 g/mol. The Morgan fingerprint density at radius 2 is 2.00 bits per heavy atom. The van der Waals surface area contributed by atoms with Gasteiger partial charge in [0.1, 0.15) is 11.9 Å². The van der Waals surface area contributed by atoms with E-state index in [0.717, 1.165) is 47.4 Å². The molecule has 2 heterocycles. The second-order valence-corrected chi connectivity index (χ2v) is 6.19. The number of para-hydroxylation sites is 2. The van der Waals surface area contributed by atoms with Gasteiger partial charge in [-0.25, -0.2) is 4.98 Å². The Labute approximate surface area is 143 Å². The van der Waals surface area contributed by atoms with Gasteiger partial charge in [-0.05, 0) is 43.0 Å². The van der Waals surface area contributed by atoms with Crippen LogP contribution >= 0.6 is 0 Å². The summed E-state index contributed by atoms with van der Waals surface area (Å²) in [5.74, 6) is 1.09. The fourth-order valence-corrected chi connectivity index (χ4v) is 3.39. The maximum absolute atomic E-state index is 9.67. The van der Waals surface area contributed by atoms with Gasteiger partial charge in [0.05, 0.1) is 16.6 Å². The van der Waals surface area contributed by atoms with Crippen LogP contribution in [0.3, 0.4) is 0 Å². The van der Waals surface area contributed by atoms with Gasteiger partial charge < -0.3 is 5.32 Å². The molecule has 0 unspecified atom stereocenters. The molecule has 1 N–H and O–H groups in total. The zero-order chi connectivity index (χ0) is 17.1. The van der Waals surface area contributed by atoms with Crippen LogP contribution < -0.4 is 5.32 Å². The molecule has 0 radical (unpaired) electrons. The van der Waals surface area contributed by atoms with Crippen molar-refractivity contribution in [1.82, 2.24) is 9.38 Å². The van der Waals surface area contributed by atoms with Gasteiger partial charge in [0, 0.05) is 6.54 Å². The zero-order valence-corrected chi connectivity index (χ0v) is 14.7. The maximum Gasteiger partial charge on any atom is 0.157 e. The number of benzene rings is 1. The fourth-order valence-electron chi connectivity index (χ4n) is 3.39. The molecule has 0 aliphatic rings. The highest BCUT2D eigenvalue weighted by Gasteiger charge is 2.19. The number of nitriles is 1. The van der Waals surface area contributed by atoms with Crippen LogP contribution in [0.2, 0.25) is 0 Å². The predicted molar refractivity (Wildman–Crippen MR) is 99.5 cm³/mol. The van der Waals surface area contributed by atoms with Crippen molar-refractivity contribution in [3.05, 3.63) is 41.0 Å². The Kier molecular flexibility index (Phi) is 4.71. The Bertz CT molecular complexity index is 915. The van der Waals surface area contributed by atoms with E-state index in [9.17, 15) is 5.26 Å². The summed E-state index contributed by atoms with van der Waals surface area (Å²) < 4.78 is 2.13. The number of fused-ring (bicyclic) bond motifs is 3. The molecule has 124 valence electrons. The molecule has 0 aliphatic carbocycles. The van der Waals surface area contributed by atoms with E-state index < -0.39 is 0 Å². The molecule has 3 aromatic rings. The molecule has 0 bridgehead atoms. The summed E-state index contributed by atoms with van der Waals surface area (Å²) >= 11 is 0. The van der Waals surface area contributed by atoms with Gasteiger partial charge >= 0.3 is 0 Å². The van der Waals surface area contributed by atoms with Crippen LogP contribution in [0.4, 0.5) is 5.82 Å². The Balaban J connectivity index is 2.28. The van der Waals surface area contributed by atoms with Gasteiger partial charge in [0.15, 0.2) is 5.65 Å². The van der Waals surface area contributed by atoms with Gasteiger partial charge in [0.25, 0.3) is 0 Å². The lowest BCUT2D eigenvalue weighted by atomic mass is 10.0. The first-order chi connectivity index (χ1) is 11.7. The molecule has 0 spiro atoms. The topological polar surface area (TPSA) is 53.1 Å². The summed E-state index contributed by atoms with van der Waals surface area (Å²) in [7, 11) is 0. The van der Waals surface area contributed by atoms with Crippen molar-refractivity contribution >= 4 is 22.5 Å². The van der Waals surface area contributed by atoms with Crippen LogP contribution in [0.25, 0.3) is 16.7 Å². The lowest BCUT2D eigenvalue weighted by Crippen LogP contribution is -2.11. The summed E-state index contributed by atoms with van der Waals surface area (Å²) in [6, 6.07) is 10.5. The largest absolute Gasteiger partial charge is 0.371 e. The standard InChI is InChI=1S/C20H24N4/c1-4-6-9-12-22-19-15(5-2)14(3)16(13-21)20-23-17-10-7-8-11-18(17)24(19)20/h7-8,10-11,22H,4-6,9,12H2,1-3H3. The molecule has 4 nitrogen and oxygen atoms in total. The van der Waals surface area contributed by atoms with E-state index in [1.165, 1.54) is 18.4 Å². The van der Waals surface area contributed by atoms with E-state index in [0.29, 0.717) is 5.56 Å². The third-order valence-electron chi connectivity index (χ3n) is 4.66. The number of hydrogen-bond acceptors (Lipinski definition) is 3. The van der Waals surface area contributed by atoms with Crippen molar-refractivity contribution in [1.29, 1.82) is 5.26 Å². The summed E-state index contributed by atoms with van der Waals surface area (Å²) in [5.41, 5.74) is 5.67. The minimum atomic E-state index is 0.683. The lowest BCUT2D eigenvalue weighted by molar-refractivity contribution is 0.741. The third kappa shape index (κ3) is 2.60. The number of nitrogens with one attached hydrogen (secondary N) is 1. The van der Waals surface area contributed by atoms with Gasteiger partial charge in [-0.15, -0.1) is 0 Å². The molecule has 0 amide bonds. The van der Waals surface area contributed by atoms with E-state index in [2.05, 4.69) is 35.7 Å². The van der Waals surface area contributed by atoms with Crippen molar-refractivity contribution < 1.29 is 0 Å². The van der Waals surface area contributed by atoms with Crippen LogP contribution in [-0.2, 0) is 6.42 Å². The zero-order valence-electron chi connectivity index (χ0n) is 14.7. The quantitative estimate of drug-likeness (QED) is 0.662. The summed E-state index contributed by atoms with van der Waals surface area (Å²) in [5, 5.41) is 13.3. The average molecular weight is 320 g/mol. The smallest absolute Gasteiger partial charge is 0.157 e. The molecule has 3 rings (SSSR count). The maximum atomic E-state index is 9.67. The van der Waals surface area contributed by atoms with Crippen molar-refractivity contribution in [2.45, 2.75) is 46.5 Å². The molecule has 1 aromatic carbocycles. The van der Waals surface area contributed by atoms with Gasteiger partial charge in [0.2, 0.25) is 0 Å². The first-order valence-electron chi connectivity index (χ1n) is 8.79. The first-order valence-corrected chi connectivity index (χ1v) is 8.79. The van der Waals surface area contributed by atoms with Gasteiger partial charge in [-0.1, -0.05) is 38.8 Å². The van der Waals surface area contributed by atoms with Crippen LogP contribution in [0.15, 0.2) is 24.3 Å². The van der Waals surface area contributed by atoms with E-state index >= 15 is 0 Å². The van der Waals surface area contributed by atoms with Crippen molar-refractivity contribution in [3.8, 4) is 6.07 Å². The van der Waals surface area contributed by atoms with Crippen molar-refractivity contribution in [2.75, 3.05) is 11.9 Å². The average Bonchev–Trinajstić information content (AvgIpc) is 2.97. The lowest BCUT2D eigenvalue weighted by Gasteiger charge is -2.18. The van der Waals surface area contributed by atoms with Crippen LogP contribution in [0.5, 0.6) is 0 Å². The molecule has 2 aromatic heterocycles. The fraction of sp³-hybridized carbons (Fsp3) is 0.400. The van der Waals surface area contributed by atoms with Crippen LogP contribution in [0, 0.1) is 18.3 Å². The number of hydrogen-bond donors (Lipinski definition) is 1. The third-order valence-corrected chi connectivity index (χ3v) is 4.66. The van der Waals surface area contributed by atoms with E-state index in [1.54, 1.807) is 0 Å². The molecule has 4 heteroatoms. The number of pyridine rings is 1. The minimum Gasteiger partial charge on any atom is -0.371 e. The molecule has 24 heavy (non-hydrogen) atoms. The van der Waals surface area contributed by atoms with Gasteiger partial charge in [-0.3, -0.25) is 4.40 Å². The second-order valence-electron chi connectivity index (χ2n) is 6.19. The molecule has 0 saturated carbocycles. The number of nitrogens with zero attached hydrogens (tertiary/aromatic N) is 3. The Hall–Kier alpha value is -2.54. The first kappa shape index (κ1) is 16.3. The number of aromatic nitrogens is 2. The monoisotopic (exact) mass is 320 g/mol. The SMILES string of the molecule is CCCCCNc1c(CC)c(C)c(C#N)c2nc3ccccc3n12. The van der Waals surface area contributed by atoms with Gasteiger partial charge in [-0.2, -0.15) is 5.26 Å². The predicted octanol–water partition coefficient (Wildman–Crippen LogP) is 4.83. The highest BCUT2D eigenvalue weighted by Crippen LogP contribution is 2.31. The molecular formula is C20H24N4. The summed E-state index contributed by atoms with van der Waals surface area (Å²) in [6.45, 7) is 7.33. The van der Waals surface area contributed by atoms with Crippen LogP contribution in [-0.4, -0.2) is 15.9 Å². The highest BCUT2D eigenvalue weighted by atomic mass is 15.1. The van der Waals surface area contributed by atoms with E-state index in [-0.39, 0.29) is 0 Å². The second kappa shape index (κ2) is 6.92. The van der Waals surface area contributed by atoms with E-state index in [4.69, 9.17) is 4.98 Å². The molecule has 0 fully saturated rings. The number of unbranched alkanes of at least 4 members (excludes halogenated alkanes) is 2.